The predicted molar refractivity (Wildman–Crippen MR) is 87.8 cm³/mol. The van der Waals surface area contributed by atoms with Crippen LogP contribution in [0.2, 0.25) is 0 Å². The van der Waals surface area contributed by atoms with Gasteiger partial charge in [0.2, 0.25) is 0 Å². The van der Waals surface area contributed by atoms with Crippen molar-refractivity contribution in [2.45, 2.75) is 32.9 Å². The SMILES string of the molecule is CC(C)N(c1ccc(O)cc1)[C@H](C)c1ccccc1.Cl. The van der Waals surface area contributed by atoms with E-state index in [9.17, 15) is 5.11 Å². The number of halogens is 1. The summed E-state index contributed by atoms with van der Waals surface area (Å²) in [5.74, 6) is 0.305. The second kappa shape index (κ2) is 7.20. The topological polar surface area (TPSA) is 23.5 Å². The van der Waals surface area contributed by atoms with Crippen LogP contribution in [0.25, 0.3) is 0 Å². The molecule has 0 heterocycles. The Morgan fingerprint density at radius 3 is 1.90 bits per heavy atom. The zero-order valence-corrected chi connectivity index (χ0v) is 13.0. The molecule has 108 valence electrons. The van der Waals surface area contributed by atoms with Gasteiger partial charge in [0.15, 0.2) is 0 Å². The third-order valence-electron chi connectivity index (χ3n) is 3.40. The molecule has 3 heteroatoms. The second-order valence-electron chi connectivity index (χ2n) is 5.10. The van der Waals surface area contributed by atoms with Crippen LogP contribution in [0.1, 0.15) is 32.4 Å². The van der Waals surface area contributed by atoms with Gasteiger partial charge < -0.3 is 10.0 Å². The Kier molecular flexibility index (Phi) is 5.90. The summed E-state index contributed by atoms with van der Waals surface area (Å²) >= 11 is 0. The van der Waals surface area contributed by atoms with Crippen molar-refractivity contribution in [2.24, 2.45) is 0 Å². The number of anilines is 1. The third kappa shape index (κ3) is 3.67. The Morgan fingerprint density at radius 1 is 0.850 bits per heavy atom. The van der Waals surface area contributed by atoms with Gasteiger partial charge in [-0.2, -0.15) is 0 Å². The second-order valence-corrected chi connectivity index (χ2v) is 5.10. The fourth-order valence-electron chi connectivity index (χ4n) is 2.49. The molecule has 0 saturated heterocycles. The van der Waals surface area contributed by atoms with Crippen molar-refractivity contribution in [3.05, 3.63) is 60.2 Å². The molecule has 20 heavy (non-hydrogen) atoms. The van der Waals surface area contributed by atoms with E-state index in [0.29, 0.717) is 17.8 Å². The summed E-state index contributed by atoms with van der Waals surface area (Å²) in [5.41, 5.74) is 2.42. The summed E-state index contributed by atoms with van der Waals surface area (Å²) < 4.78 is 0. The van der Waals surface area contributed by atoms with Crippen LogP contribution >= 0.6 is 12.4 Å². The minimum Gasteiger partial charge on any atom is -0.508 e. The van der Waals surface area contributed by atoms with Gasteiger partial charge in [-0.1, -0.05) is 30.3 Å². The van der Waals surface area contributed by atoms with Crippen LogP contribution in [-0.4, -0.2) is 11.1 Å². The van der Waals surface area contributed by atoms with Gasteiger partial charge in [-0.25, -0.2) is 0 Å². The molecule has 2 aromatic carbocycles. The molecule has 2 rings (SSSR count). The van der Waals surface area contributed by atoms with Gasteiger partial charge in [0.25, 0.3) is 0 Å². The van der Waals surface area contributed by atoms with Crippen molar-refractivity contribution in [1.82, 2.24) is 0 Å². The Labute approximate surface area is 127 Å². The number of phenolic OH excluding ortho intramolecular Hbond substituents is 1. The first-order chi connectivity index (χ1) is 9.09. The summed E-state index contributed by atoms with van der Waals surface area (Å²) in [6.45, 7) is 6.58. The molecule has 0 bridgehead atoms. The molecule has 0 aliphatic heterocycles. The van der Waals surface area contributed by atoms with E-state index in [2.05, 4.69) is 49.9 Å². The minimum absolute atomic E-state index is 0. The van der Waals surface area contributed by atoms with Gasteiger partial charge in [0.1, 0.15) is 5.75 Å². The lowest BCUT2D eigenvalue weighted by molar-refractivity contribution is 0.475. The summed E-state index contributed by atoms with van der Waals surface area (Å²) in [5, 5.41) is 9.41. The van der Waals surface area contributed by atoms with Crippen molar-refractivity contribution in [3.8, 4) is 5.75 Å². The van der Waals surface area contributed by atoms with E-state index in [4.69, 9.17) is 0 Å². The fraction of sp³-hybridized carbons (Fsp3) is 0.294. The van der Waals surface area contributed by atoms with E-state index in [1.807, 2.05) is 18.2 Å². The van der Waals surface area contributed by atoms with Crippen molar-refractivity contribution in [1.29, 1.82) is 0 Å². The van der Waals surface area contributed by atoms with E-state index in [0.717, 1.165) is 5.69 Å². The van der Waals surface area contributed by atoms with Gasteiger partial charge >= 0.3 is 0 Å². The first-order valence-corrected chi connectivity index (χ1v) is 6.72. The zero-order chi connectivity index (χ0) is 13.8. The molecule has 1 N–H and O–H groups in total. The van der Waals surface area contributed by atoms with Crippen LogP contribution in [0.4, 0.5) is 5.69 Å². The van der Waals surface area contributed by atoms with E-state index < -0.39 is 0 Å². The van der Waals surface area contributed by atoms with Crippen molar-refractivity contribution in [2.75, 3.05) is 4.90 Å². The van der Waals surface area contributed by atoms with Gasteiger partial charge in [-0.05, 0) is 50.6 Å². The van der Waals surface area contributed by atoms with Gasteiger partial charge in [0.05, 0.1) is 6.04 Å². The molecule has 2 nitrogen and oxygen atoms in total. The summed E-state index contributed by atoms with van der Waals surface area (Å²) in [6.07, 6.45) is 0. The lowest BCUT2D eigenvalue weighted by atomic mass is 10.0. The first kappa shape index (κ1) is 16.4. The molecule has 0 amide bonds. The largest absolute Gasteiger partial charge is 0.508 e. The zero-order valence-electron chi connectivity index (χ0n) is 12.2. The Bertz CT molecular complexity index is 510. The van der Waals surface area contributed by atoms with Crippen LogP contribution < -0.4 is 4.90 Å². The average molecular weight is 292 g/mol. The van der Waals surface area contributed by atoms with E-state index in [1.54, 1.807) is 12.1 Å². The lowest BCUT2D eigenvalue weighted by Crippen LogP contribution is -2.33. The standard InChI is InChI=1S/C17H21NO.ClH/c1-13(2)18(16-9-11-17(19)12-10-16)14(3)15-7-5-4-6-8-15;/h4-14,19H,1-3H3;1H/t14-;/m1./s1. The van der Waals surface area contributed by atoms with E-state index in [-0.39, 0.29) is 12.4 Å². The fourth-order valence-corrected chi connectivity index (χ4v) is 2.49. The highest BCUT2D eigenvalue weighted by atomic mass is 35.5. The van der Waals surface area contributed by atoms with E-state index in [1.165, 1.54) is 5.56 Å². The maximum atomic E-state index is 9.41. The number of phenols is 1. The molecule has 0 unspecified atom stereocenters. The van der Waals surface area contributed by atoms with Crippen LogP contribution in [0.5, 0.6) is 5.75 Å². The number of rotatable bonds is 4. The van der Waals surface area contributed by atoms with Gasteiger partial charge in [-0.3, -0.25) is 0 Å². The number of hydrogen-bond acceptors (Lipinski definition) is 2. The highest BCUT2D eigenvalue weighted by molar-refractivity contribution is 5.85. The molecular formula is C17H22ClNO. The quantitative estimate of drug-likeness (QED) is 0.875. The smallest absolute Gasteiger partial charge is 0.115 e. The first-order valence-electron chi connectivity index (χ1n) is 6.72. The number of aromatic hydroxyl groups is 1. The number of nitrogens with zero attached hydrogens (tertiary/aromatic N) is 1. The minimum atomic E-state index is 0. The Hall–Kier alpha value is -1.67. The molecule has 0 aliphatic carbocycles. The molecule has 0 saturated carbocycles. The third-order valence-corrected chi connectivity index (χ3v) is 3.40. The van der Waals surface area contributed by atoms with Crippen LogP contribution in [0, 0.1) is 0 Å². The number of benzene rings is 2. The maximum Gasteiger partial charge on any atom is 0.115 e. The molecular weight excluding hydrogens is 270 g/mol. The van der Waals surface area contributed by atoms with Crippen LogP contribution in [0.15, 0.2) is 54.6 Å². The Balaban J connectivity index is 0.00000200. The van der Waals surface area contributed by atoms with Gasteiger partial charge in [-0.15, -0.1) is 12.4 Å². The predicted octanol–water partition coefficient (Wildman–Crippen LogP) is 4.79. The molecule has 2 aromatic rings. The van der Waals surface area contributed by atoms with Crippen molar-refractivity contribution >= 4 is 18.1 Å². The molecule has 0 aliphatic rings. The Morgan fingerprint density at radius 2 is 1.40 bits per heavy atom. The van der Waals surface area contributed by atoms with Crippen molar-refractivity contribution in [3.63, 3.8) is 0 Å². The molecule has 0 fully saturated rings. The average Bonchev–Trinajstić information content (AvgIpc) is 2.42. The molecule has 1 atom stereocenters. The van der Waals surface area contributed by atoms with E-state index >= 15 is 0 Å². The van der Waals surface area contributed by atoms with Crippen LogP contribution in [0.3, 0.4) is 0 Å². The highest BCUT2D eigenvalue weighted by Gasteiger charge is 2.18. The van der Waals surface area contributed by atoms with Crippen LogP contribution in [-0.2, 0) is 0 Å². The summed E-state index contributed by atoms with van der Waals surface area (Å²) in [4.78, 5) is 2.36. The normalized spacial score (nSPS) is 11.8. The molecule has 0 spiro atoms. The lowest BCUT2D eigenvalue weighted by Gasteiger charge is -2.35. The summed E-state index contributed by atoms with van der Waals surface area (Å²) in [6, 6.07) is 18.6. The van der Waals surface area contributed by atoms with Crippen molar-refractivity contribution < 1.29 is 5.11 Å². The number of hydrogen-bond donors (Lipinski definition) is 1. The monoisotopic (exact) mass is 291 g/mol. The molecule has 0 aromatic heterocycles. The molecule has 0 radical (unpaired) electrons. The van der Waals surface area contributed by atoms with Gasteiger partial charge in [0, 0.05) is 11.7 Å². The highest BCUT2D eigenvalue weighted by Crippen LogP contribution is 2.30. The maximum absolute atomic E-state index is 9.41. The summed E-state index contributed by atoms with van der Waals surface area (Å²) in [7, 11) is 0.